The van der Waals surface area contributed by atoms with E-state index in [0.717, 1.165) is 17.2 Å². The van der Waals surface area contributed by atoms with E-state index in [1.54, 1.807) is 17.9 Å². The van der Waals surface area contributed by atoms with Gasteiger partial charge in [-0.3, -0.25) is 4.79 Å². The average molecular weight is 231 g/mol. The van der Waals surface area contributed by atoms with Crippen LogP contribution in [0.15, 0.2) is 35.9 Å². The van der Waals surface area contributed by atoms with E-state index < -0.39 is 5.97 Å². The number of hydrogen-bond donors (Lipinski definition) is 1. The lowest BCUT2D eigenvalue weighted by Crippen LogP contribution is -2.25. The number of benzene rings is 1. The molecule has 1 aliphatic heterocycles. The first kappa shape index (κ1) is 11.4. The van der Waals surface area contributed by atoms with Crippen LogP contribution < -0.4 is 0 Å². The summed E-state index contributed by atoms with van der Waals surface area (Å²) >= 11 is 0. The molecule has 1 aromatic rings. The molecule has 0 saturated heterocycles. The number of carboxylic acid groups (broad SMARTS) is 1. The maximum atomic E-state index is 12.0. The Labute approximate surface area is 99.2 Å². The number of carboxylic acids is 1. The molecule has 1 aliphatic rings. The van der Waals surface area contributed by atoms with Crippen molar-refractivity contribution in [1.29, 1.82) is 0 Å². The molecular formula is C13H13NO3. The second-order valence-electron chi connectivity index (χ2n) is 4.15. The van der Waals surface area contributed by atoms with E-state index in [-0.39, 0.29) is 5.91 Å². The van der Waals surface area contributed by atoms with Crippen LogP contribution in [-0.4, -0.2) is 28.4 Å². The molecule has 0 bridgehead atoms. The van der Waals surface area contributed by atoms with E-state index in [4.69, 9.17) is 5.11 Å². The molecule has 4 heteroatoms. The number of hydrogen-bond acceptors (Lipinski definition) is 2. The summed E-state index contributed by atoms with van der Waals surface area (Å²) in [5.74, 6) is -1.01. The molecule has 1 aromatic carbocycles. The minimum absolute atomic E-state index is 0.0289. The summed E-state index contributed by atoms with van der Waals surface area (Å²) in [6, 6.07) is 7.45. The third-order valence-electron chi connectivity index (χ3n) is 2.71. The summed E-state index contributed by atoms with van der Waals surface area (Å²) in [7, 11) is 0. The number of carbonyl (C=O) groups is 2. The zero-order valence-electron chi connectivity index (χ0n) is 9.51. The van der Waals surface area contributed by atoms with E-state index in [2.05, 4.69) is 0 Å². The molecule has 0 aromatic heterocycles. The lowest BCUT2D eigenvalue weighted by atomic mass is 10.1. The quantitative estimate of drug-likeness (QED) is 0.805. The first-order chi connectivity index (χ1) is 8.08. The van der Waals surface area contributed by atoms with Gasteiger partial charge in [0.15, 0.2) is 0 Å². The highest BCUT2D eigenvalue weighted by Gasteiger charge is 2.26. The van der Waals surface area contributed by atoms with Gasteiger partial charge in [0.2, 0.25) is 0 Å². The van der Waals surface area contributed by atoms with E-state index in [1.165, 1.54) is 0 Å². The second kappa shape index (κ2) is 4.41. The molecule has 1 amide bonds. The van der Waals surface area contributed by atoms with Crippen LogP contribution in [-0.2, 0) is 11.3 Å². The molecule has 0 spiro atoms. The van der Waals surface area contributed by atoms with Crippen molar-refractivity contribution in [3.63, 3.8) is 0 Å². The Morgan fingerprint density at radius 1 is 1.47 bits per heavy atom. The van der Waals surface area contributed by atoms with E-state index in [0.29, 0.717) is 18.7 Å². The maximum absolute atomic E-state index is 12.0. The number of aliphatic carboxylic acids is 1. The molecule has 88 valence electrons. The lowest BCUT2D eigenvalue weighted by molar-refractivity contribution is -0.131. The van der Waals surface area contributed by atoms with Gasteiger partial charge >= 0.3 is 5.97 Å². The topological polar surface area (TPSA) is 57.6 Å². The fourth-order valence-corrected chi connectivity index (χ4v) is 2.00. The van der Waals surface area contributed by atoms with Crippen LogP contribution in [0.25, 0.3) is 0 Å². The highest BCUT2D eigenvalue weighted by Crippen LogP contribution is 2.22. The van der Waals surface area contributed by atoms with Crippen LogP contribution in [0.5, 0.6) is 0 Å². The number of rotatable bonds is 3. The van der Waals surface area contributed by atoms with Gasteiger partial charge in [-0.05, 0) is 24.1 Å². The van der Waals surface area contributed by atoms with Crippen molar-refractivity contribution < 1.29 is 14.7 Å². The highest BCUT2D eigenvalue weighted by atomic mass is 16.4. The van der Waals surface area contributed by atoms with Gasteiger partial charge in [0.25, 0.3) is 5.91 Å². The van der Waals surface area contributed by atoms with Crippen LogP contribution in [0.3, 0.4) is 0 Å². The standard InChI is InChI=1S/C13H13NO3/c1-9(6-12(15)16)7-14-8-10-4-2-3-5-11(10)13(14)17/h2-6H,7-8H2,1H3,(H,15,16). The monoisotopic (exact) mass is 231 g/mol. The summed E-state index contributed by atoms with van der Waals surface area (Å²) in [4.78, 5) is 24.1. The van der Waals surface area contributed by atoms with Crippen molar-refractivity contribution in [2.75, 3.05) is 6.54 Å². The Morgan fingerprint density at radius 2 is 2.18 bits per heavy atom. The van der Waals surface area contributed by atoms with Gasteiger partial charge in [-0.25, -0.2) is 4.79 Å². The normalized spacial score (nSPS) is 15.0. The SMILES string of the molecule is CC(=CC(=O)O)CN1Cc2ccccc2C1=O. The van der Waals surface area contributed by atoms with Crippen molar-refractivity contribution >= 4 is 11.9 Å². The number of amides is 1. The van der Waals surface area contributed by atoms with Gasteiger partial charge in [-0.15, -0.1) is 0 Å². The minimum atomic E-state index is -0.980. The molecule has 4 nitrogen and oxygen atoms in total. The van der Waals surface area contributed by atoms with Crippen molar-refractivity contribution in [3.05, 3.63) is 47.0 Å². The molecule has 1 heterocycles. The van der Waals surface area contributed by atoms with Crippen molar-refractivity contribution in [2.45, 2.75) is 13.5 Å². The van der Waals surface area contributed by atoms with Gasteiger partial charge < -0.3 is 10.0 Å². The lowest BCUT2D eigenvalue weighted by Gasteiger charge is -2.15. The summed E-state index contributed by atoms with van der Waals surface area (Å²) in [6.07, 6.45) is 1.14. The second-order valence-corrected chi connectivity index (χ2v) is 4.15. The predicted octanol–water partition coefficient (Wildman–Crippen LogP) is 1.67. The molecule has 0 radical (unpaired) electrons. The Kier molecular flexibility index (Phi) is 2.95. The van der Waals surface area contributed by atoms with Gasteiger partial charge in [-0.1, -0.05) is 18.2 Å². The highest BCUT2D eigenvalue weighted by molar-refractivity contribution is 5.98. The Bertz CT molecular complexity index is 505. The average Bonchev–Trinajstić information content (AvgIpc) is 2.55. The molecule has 2 rings (SSSR count). The Balaban J connectivity index is 2.13. The van der Waals surface area contributed by atoms with Crippen LogP contribution in [0.2, 0.25) is 0 Å². The first-order valence-corrected chi connectivity index (χ1v) is 5.35. The zero-order chi connectivity index (χ0) is 12.4. The van der Waals surface area contributed by atoms with E-state index in [1.807, 2.05) is 18.2 Å². The van der Waals surface area contributed by atoms with Crippen molar-refractivity contribution in [3.8, 4) is 0 Å². The molecular weight excluding hydrogens is 218 g/mol. The molecule has 0 atom stereocenters. The third kappa shape index (κ3) is 2.36. The summed E-state index contributed by atoms with van der Waals surface area (Å²) < 4.78 is 0. The Hall–Kier alpha value is -2.10. The van der Waals surface area contributed by atoms with Crippen molar-refractivity contribution in [2.24, 2.45) is 0 Å². The third-order valence-corrected chi connectivity index (χ3v) is 2.71. The van der Waals surface area contributed by atoms with Crippen LogP contribution in [0.1, 0.15) is 22.8 Å². The molecule has 0 unspecified atom stereocenters. The summed E-state index contributed by atoms with van der Waals surface area (Å²) in [5.41, 5.74) is 2.38. The minimum Gasteiger partial charge on any atom is -0.478 e. The van der Waals surface area contributed by atoms with Crippen LogP contribution >= 0.6 is 0 Å². The largest absolute Gasteiger partial charge is 0.478 e. The number of carbonyl (C=O) groups excluding carboxylic acids is 1. The molecule has 1 N–H and O–H groups in total. The zero-order valence-corrected chi connectivity index (χ0v) is 9.51. The van der Waals surface area contributed by atoms with E-state index >= 15 is 0 Å². The molecule has 0 fully saturated rings. The predicted molar refractivity (Wildman–Crippen MR) is 62.6 cm³/mol. The fourth-order valence-electron chi connectivity index (χ4n) is 2.00. The van der Waals surface area contributed by atoms with Gasteiger partial charge in [0.05, 0.1) is 0 Å². The van der Waals surface area contributed by atoms with E-state index in [9.17, 15) is 9.59 Å². The molecule has 17 heavy (non-hydrogen) atoms. The van der Waals surface area contributed by atoms with Crippen molar-refractivity contribution in [1.82, 2.24) is 4.90 Å². The van der Waals surface area contributed by atoms with Crippen LogP contribution in [0, 0.1) is 0 Å². The van der Waals surface area contributed by atoms with Gasteiger partial charge in [0.1, 0.15) is 0 Å². The van der Waals surface area contributed by atoms with Crippen LogP contribution in [0.4, 0.5) is 0 Å². The molecule has 0 saturated carbocycles. The summed E-state index contributed by atoms with van der Waals surface area (Å²) in [6.45, 7) is 2.63. The maximum Gasteiger partial charge on any atom is 0.328 e. The smallest absolute Gasteiger partial charge is 0.328 e. The number of nitrogens with zero attached hydrogens (tertiary/aromatic N) is 1. The van der Waals surface area contributed by atoms with Gasteiger partial charge in [-0.2, -0.15) is 0 Å². The Morgan fingerprint density at radius 3 is 2.82 bits per heavy atom. The summed E-state index contributed by atoms with van der Waals surface area (Å²) in [5, 5.41) is 8.62. The molecule has 0 aliphatic carbocycles. The van der Waals surface area contributed by atoms with Gasteiger partial charge in [0, 0.05) is 24.7 Å². The fraction of sp³-hybridized carbons (Fsp3) is 0.231. The first-order valence-electron chi connectivity index (χ1n) is 5.35. The number of fused-ring (bicyclic) bond motifs is 1.